The second kappa shape index (κ2) is 3.11. The Morgan fingerprint density at radius 1 is 1.43 bits per heavy atom. The Bertz CT molecular complexity index is 399. The molecule has 0 aliphatic carbocycles. The molecule has 0 fully saturated rings. The van der Waals surface area contributed by atoms with E-state index < -0.39 is 0 Å². The highest BCUT2D eigenvalue weighted by molar-refractivity contribution is 5.42. The molecule has 0 atom stereocenters. The van der Waals surface area contributed by atoms with Crippen molar-refractivity contribution in [3.8, 4) is 6.07 Å². The third-order valence-corrected chi connectivity index (χ3v) is 2.87. The molecule has 2 heteroatoms. The summed E-state index contributed by atoms with van der Waals surface area (Å²) in [5.41, 5.74) is 3.44. The molecule has 1 heterocycles. The number of hydrogen-bond donors (Lipinski definition) is 1. The zero-order valence-electron chi connectivity index (χ0n) is 8.59. The first-order chi connectivity index (χ1) is 6.63. The van der Waals surface area contributed by atoms with E-state index >= 15 is 0 Å². The van der Waals surface area contributed by atoms with Crippen LogP contribution in [0.25, 0.3) is 0 Å². The van der Waals surface area contributed by atoms with Crippen molar-refractivity contribution in [1.82, 2.24) is 5.32 Å². The van der Waals surface area contributed by atoms with Crippen molar-refractivity contribution >= 4 is 0 Å². The van der Waals surface area contributed by atoms with Crippen LogP contribution in [0.4, 0.5) is 0 Å². The van der Waals surface area contributed by atoms with Gasteiger partial charge in [-0.1, -0.05) is 6.07 Å². The second-order valence-corrected chi connectivity index (χ2v) is 4.29. The van der Waals surface area contributed by atoms with Gasteiger partial charge in [0.25, 0.3) is 0 Å². The van der Waals surface area contributed by atoms with Crippen molar-refractivity contribution in [3.63, 3.8) is 0 Å². The molecule has 1 aromatic rings. The molecular weight excluding hydrogens is 172 g/mol. The monoisotopic (exact) mass is 186 g/mol. The fourth-order valence-electron chi connectivity index (χ4n) is 2.08. The van der Waals surface area contributed by atoms with Gasteiger partial charge in [0.1, 0.15) is 0 Å². The van der Waals surface area contributed by atoms with Crippen LogP contribution in [0.5, 0.6) is 0 Å². The van der Waals surface area contributed by atoms with Crippen molar-refractivity contribution < 1.29 is 0 Å². The number of rotatable bonds is 0. The topological polar surface area (TPSA) is 35.8 Å². The Morgan fingerprint density at radius 2 is 2.21 bits per heavy atom. The van der Waals surface area contributed by atoms with Crippen LogP contribution in [-0.2, 0) is 12.0 Å². The summed E-state index contributed by atoms with van der Waals surface area (Å²) in [5.74, 6) is 0. The smallest absolute Gasteiger partial charge is 0.0991 e. The Kier molecular flexibility index (Phi) is 2.05. The van der Waals surface area contributed by atoms with Crippen molar-refractivity contribution in [3.05, 3.63) is 34.9 Å². The molecule has 1 aromatic carbocycles. The lowest BCUT2D eigenvalue weighted by molar-refractivity contribution is 0.382. The van der Waals surface area contributed by atoms with Crippen LogP contribution in [0.1, 0.15) is 30.5 Å². The largest absolute Gasteiger partial charge is 0.307 e. The summed E-state index contributed by atoms with van der Waals surface area (Å²) in [6, 6.07) is 8.16. The van der Waals surface area contributed by atoms with E-state index in [4.69, 9.17) is 5.26 Å². The minimum absolute atomic E-state index is 0.0432. The molecule has 0 saturated carbocycles. The van der Waals surface area contributed by atoms with E-state index in [1.54, 1.807) is 0 Å². The van der Waals surface area contributed by atoms with E-state index in [1.165, 1.54) is 11.1 Å². The molecule has 0 radical (unpaired) electrons. The van der Waals surface area contributed by atoms with Crippen LogP contribution in [0.15, 0.2) is 18.2 Å². The maximum atomic E-state index is 8.80. The summed E-state index contributed by atoms with van der Waals surface area (Å²) >= 11 is 0. The van der Waals surface area contributed by atoms with Crippen LogP contribution < -0.4 is 5.32 Å². The Balaban J connectivity index is 2.53. The Labute approximate surface area is 84.6 Å². The normalized spacial score (nSPS) is 18.4. The molecule has 0 aromatic heterocycles. The van der Waals surface area contributed by atoms with Gasteiger partial charge < -0.3 is 5.32 Å². The highest BCUT2D eigenvalue weighted by atomic mass is 15.0. The first-order valence-electron chi connectivity index (χ1n) is 4.92. The van der Waals surface area contributed by atoms with Gasteiger partial charge in [0.15, 0.2) is 0 Å². The highest BCUT2D eigenvalue weighted by Crippen LogP contribution is 2.28. The lowest BCUT2D eigenvalue weighted by Gasteiger charge is -2.33. The van der Waals surface area contributed by atoms with Gasteiger partial charge in [0.05, 0.1) is 11.6 Å². The van der Waals surface area contributed by atoms with E-state index in [1.807, 2.05) is 12.1 Å². The average Bonchev–Trinajstić information content (AvgIpc) is 2.16. The van der Waals surface area contributed by atoms with Crippen LogP contribution in [0.3, 0.4) is 0 Å². The van der Waals surface area contributed by atoms with Crippen molar-refractivity contribution in [2.24, 2.45) is 0 Å². The summed E-state index contributed by atoms with van der Waals surface area (Å²) in [4.78, 5) is 0. The van der Waals surface area contributed by atoms with Gasteiger partial charge in [0, 0.05) is 5.54 Å². The molecule has 1 N–H and O–H groups in total. The number of benzene rings is 1. The molecule has 14 heavy (non-hydrogen) atoms. The van der Waals surface area contributed by atoms with E-state index in [0.29, 0.717) is 0 Å². The van der Waals surface area contributed by atoms with E-state index in [9.17, 15) is 0 Å². The third-order valence-electron chi connectivity index (χ3n) is 2.87. The summed E-state index contributed by atoms with van der Waals surface area (Å²) < 4.78 is 0. The van der Waals surface area contributed by atoms with E-state index in [0.717, 1.165) is 18.5 Å². The maximum absolute atomic E-state index is 8.80. The Morgan fingerprint density at radius 3 is 2.93 bits per heavy atom. The van der Waals surface area contributed by atoms with Gasteiger partial charge in [0.2, 0.25) is 0 Å². The zero-order valence-corrected chi connectivity index (χ0v) is 8.59. The highest BCUT2D eigenvalue weighted by Gasteiger charge is 2.26. The fraction of sp³-hybridized carbons (Fsp3) is 0.417. The SMILES string of the molecule is CC1(C)NCCc2cc(C#N)ccc21. The summed E-state index contributed by atoms with van der Waals surface area (Å²) in [6.45, 7) is 5.35. The van der Waals surface area contributed by atoms with Gasteiger partial charge in [-0.2, -0.15) is 5.26 Å². The molecule has 0 unspecified atom stereocenters. The van der Waals surface area contributed by atoms with Crippen molar-refractivity contribution in [2.75, 3.05) is 6.54 Å². The number of nitrogens with zero attached hydrogens (tertiary/aromatic N) is 1. The average molecular weight is 186 g/mol. The third kappa shape index (κ3) is 1.40. The van der Waals surface area contributed by atoms with Gasteiger partial charge in [-0.25, -0.2) is 0 Å². The maximum Gasteiger partial charge on any atom is 0.0991 e. The first-order valence-corrected chi connectivity index (χ1v) is 4.92. The van der Waals surface area contributed by atoms with Crippen LogP contribution in [0.2, 0.25) is 0 Å². The second-order valence-electron chi connectivity index (χ2n) is 4.29. The number of fused-ring (bicyclic) bond motifs is 1. The van der Waals surface area contributed by atoms with E-state index in [2.05, 4.69) is 31.3 Å². The van der Waals surface area contributed by atoms with Gasteiger partial charge in [-0.05, 0) is 50.1 Å². The molecule has 0 saturated heterocycles. The minimum atomic E-state index is 0.0432. The number of nitriles is 1. The van der Waals surface area contributed by atoms with Gasteiger partial charge in [-0.15, -0.1) is 0 Å². The molecule has 2 nitrogen and oxygen atoms in total. The lowest BCUT2D eigenvalue weighted by Crippen LogP contribution is -2.42. The standard InChI is InChI=1S/C12H14N2/c1-12(2)11-4-3-9(8-13)7-10(11)5-6-14-12/h3-4,7,14H,5-6H2,1-2H3. The quantitative estimate of drug-likeness (QED) is 0.672. The molecule has 1 aliphatic heterocycles. The molecule has 0 bridgehead atoms. The summed E-state index contributed by atoms with van der Waals surface area (Å²) in [7, 11) is 0. The summed E-state index contributed by atoms with van der Waals surface area (Å²) in [6.07, 6.45) is 1.02. The predicted molar refractivity (Wildman–Crippen MR) is 55.9 cm³/mol. The predicted octanol–water partition coefficient (Wildman–Crippen LogP) is 1.94. The van der Waals surface area contributed by atoms with E-state index in [-0.39, 0.29) is 5.54 Å². The molecule has 0 amide bonds. The number of nitrogens with one attached hydrogen (secondary N) is 1. The van der Waals surface area contributed by atoms with Crippen LogP contribution in [-0.4, -0.2) is 6.54 Å². The number of hydrogen-bond acceptors (Lipinski definition) is 2. The molecule has 1 aliphatic rings. The molecule has 2 rings (SSSR count). The lowest BCUT2D eigenvalue weighted by atomic mass is 9.84. The first kappa shape index (κ1) is 9.23. The summed E-state index contributed by atoms with van der Waals surface area (Å²) in [5, 5.41) is 12.3. The molecule has 72 valence electrons. The van der Waals surface area contributed by atoms with Crippen molar-refractivity contribution in [1.29, 1.82) is 5.26 Å². The minimum Gasteiger partial charge on any atom is -0.307 e. The van der Waals surface area contributed by atoms with Crippen LogP contribution >= 0.6 is 0 Å². The van der Waals surface area contributed by atoms with Gasteiger partial charge in [-0.3, -0.25) is 0 Å². The zero-order chi connectivity index (χ0) is 10.2. The van der Waals surface area contributed by atoms with Gasteiger partial charge >= 0.3 is 0 Å². The Hall–Kier alpha value is -1.33. The van der Waals surface area contributed by atoms with Crippen molar-refractivity contribution in [2.45, 2.75) is 25.8 Å². The molecular formula is C12H14N2. The molecule has 0 spiro atoms. The van der Waals surface area contributed by atoms with Crippen LogP contribution in [0, 0.1) is 11.3 Å². The fourth-order valence-corrected chi connectivity index (χ4v) is 2.08.